The minimum absolute atomic E-state index is 0.116. The highest BCUT2D eigenvalue weighted by Gasteiger charge is 2.19. The van der Waals surface area contributed by atoms with Crippen LogP contribution in [0.2, 0.25) is 0 Å². The van der Waals surface area contributed by atoms with Crippen molar-refractivity contribution in [2.75, 3.05) is 6.61 Å². The molecule has 0 saturated heterocycles. The average Bonchev–Trinajstić information content (AvgIpc) is 3.02. The Hall–Kier alpha value is -1.81. The summed E-state index contributed by atoms with van der Waals surface area (Å²) >= 11 is 0. The first-order chi connectivity index (χ1) is 9.19. The lowest BCUT2D eigenvalue weighted by atomic mass is 9.97. The van der Waals surface area contributed by atoms with Gasteiger partial charge in [-0.1, -0.05) is 19.1 Å². The Labute approximate surface area is 113 Å². The number of aryl methyl sites for hydroxylation is 2. The normalized spacial score (nSPS) is 15.1. The fraction of sp³-hybridized carbons (Fsp3) is 0.400. The lowest BCUT2D eigenvalue weighted by Gasteiger charge is -2.13. The van der Waals surface area contributed by atoms with E-state index in [9.17, 15) is 0 Å². The van der Waals surface area contributed by atoms with Crippen molar-refractivity contribution in [3.8, 4) is 5.75 Å². The maximum absolute atomic E-state index is 6.41. The highest BCUT2D eigenvalue weighted by Crippen LogP contribution is 2.30. The first kappa shape index (κ1) is 12.2. The van der Waals surface area contributed by atoms with Crippen molar-refractivity contribution in [1.29, 1.82) is 0 Å². The summed E-state index contributed by atoms with van der Waals surface area (Å²) in [4.78, 5) is 0. The van der Waals surface area contributed by atoms with Gasteiger partial charge >= 0.3 is 0 Å². The summed E-state index contributed by atoms with van der Waals surface area (Å²) in [5.41, 5.74) is 11.0. The summed E-state index contributed by atoms with van der Waals surface area (Å²) < 4.78 is 7.37. The summed E-state index contributed by atoms with van der Waals surface area (Å²) in [5.74, 6) is 0.998. The van der Waals surface area contributed by atoms with E-state index in [0.29, 0.717) is 0 Å². The molecule has 100 valence electrons. The van der Waals surface area contributed by atoms with Crippen LogP contribution in [-0.4, -0.2) is 16.4 Å². The highest BCUT2D eigenvalue weighted by molar-refractivity contribution is 5.43. The topological polar surface area (TPSA) is 53.1 Å². The third-order valence-electron chi connectivity index (χ3n) is 3.68. The molecule has 1 atom stereocenters. The molecule has 0 amide bonds. The molecule has 19 heavy (non-hydrogen) atoms. The molecule has 0 aliphatic carbocycles. The van der Waals surface area contributed by atoms with E-state index < -0.39 is 0 Å². The molecule has 1 unspecified atom stereocenters. The molecular weight excluding hydrogens is 238 g/mol. The molecule has 2 aromatic rings. The summed E-state index contributed by atoms with van der Waals surface area (Å²) in [7, 11) is 1.94. The fourth-order valence-electron chi connectivity index (χ4n) is 2.67. The SMILES string of the molecule is CCc1nn(C)cc1C(N)c1ccc2c(c1)CCO2. The van der Waals surface area contributed by atoms with Gasteiger partial charge in [0.1, 0.15) is 5.75 Å². The summed E-state index contributed by atoms with van der Waals surface area (Å²) in [5, 5.41) is 4.46. The maximum Gasteiger partial charge on any atom is 0.122 e. The van der Waals surface area contributed by atoms with Gasteiger partial charge in [0, 0.05) is 25.2 Å². The van der Waals surface area contributed by atoms with Gasteiger partial charge in [-0.3, -0.25) is 4.68 Å². The Balaban J connectivity index is 1.97. The molecule has 4 nitrogen and oxygen atoms in total. The van der Waals surface area contributed by atoms with Crippen LogP contribution in [0.4, 0.5) is 0 Å². The molecule has 0 spiro atoms. The Kier molecular flexibility index (Phi) is 3.03. The monoisotopic (exact) mass is 257 g/mol. The van der Waals surface area contributed by atoms with Crippen LogP contribution in [-0.2, 0) is 19.9 Å². The summed E-state index contributed by atoms with van der Waals surface area (Å²) in [6.45, 7) is 2.89. The number of hydrogen-bond donors (Lipinski definition) is 1. The van der Waals surface area contributed by atoms with Crippen LogP contribution >= 0.6 is 0 Å². The molecule has 2 heterocycles. The number of benzene rings is 1. The molecule has 1 aliphatic heterocycles. The predicted molar refractivity (Wildman–Crippen MR) is 74.3 cm³/mol. The van der Waals surface area contributed by atoms with Gasteiger partial charge in [0.2, 0.25) is 0 Å². The first-order valence-electron chi connectivity index (χ1n) is 6.72. The van der Waals surface area contributed by atoms with Crippen molar-refractivity contribution in [2.45, 2.75) is 25.8 Å². The van der Waals surface area contributed by atoms with Crippen LogP contribution in [0.25, 0.3) is 0 Å². The second-order valence-corrected chi connectivity index (χ2v) is 5.00. The number of aromatic nitrogens is 2. The van der Waals surface area contributed by atoms with Gasteiger partial charge < -0.3 is 10.5 Å². The second kappa shape index (κ2) is 4.70. The van der Waals surface area contributed by atoms with E-state index in [2.05, 4.69) is 24.2 Å². The van der Waals surface area contributed by atoms with Crippen molar-refractivity contribution in [1.82, 2.24) is 9.78 Å². The Bertz CT molecular complexity index is 603. The van der Waals surface area contributed by atoms with E-state index in [-0.39, 0.29) is 6.04 Å². The number of nitrogens with zero attached hydrogens (tertiary/aromatic N) is 2. The predicted octanol–water partition coefficient (Wildman–Crippen LogP) is 1.97. The van der Waals surface area contributed by atoms with Crippen molar-refractivity contribution in [3.05, 3.63) is 46.8 Å². The van der Waals surface area contributed by atoms with Crippen LogP contribution in [0.15, 0.2) is 24.4 Å². The fourth-order valence-corrected chi connectivity index (χ4v) is 2.67. The quantitative estimate of drug-likeness (QED) is 0.914. The number of nitrogens with two attached hydrogens (primary N) is 1. The third kappa shape index (κ3) is 2.12. The zero-order valence-corrected chi connectivity index (χ0v) is 11.4. The van der Waals surface area contributed by atoms with Gasteiger partial charge in [0.05, 0.1) is 18.3 Å². The van der Waals surface area contributed by atoms with Crippen LogP contribution in [0.1, 0.15) is 35.3 Å². The molecule has 0 fully saturated rings. The van der Waals surface area contributed by atoms with Gasteiger partial charge in [-0.25, -0.2) is 0 Å². The maximum atomic E-state index is 6.41. The van der Waals surface area contributed by atoms with E-state index in [1.54, 1.807) is 0 Å². The lowest BCUT2D eigenvalue weighted by Crippen LogP contribution is -2.13. The number of fused-ring (bicyclic) bond motifs is 1. The molecule has 0 saturated carbocycles. The van der Waals surface area contributed by atoms with E-state index >= 15 is 0 Å². The van der Waals surface area contributed by atoms with E-state index in [1.165, 1.54) is 5.56 Å². The van der Waals surface area contributed by atoms with Crippen LogP contribution < -0.4 is 10.5 Å². The highest BCUT2D eigenvalue weighted by atomic mass is 16.5. The van der Waals surface area contributed by atoms with Gasteiger partial charge in [0.15, 0.2) is 0 Å². The van der Waals surface area contributed by atoms with E-state index in [4.69, 9.17) is 10.5 Å². The van der Waals surface area contributed by atoms with Crippen LogP contribution in [0.5, 0.6) is 5.75 Å². The van der Waals surface area contributed by atoms with Gasteiger partial charge in [-0.15, -0.1) is 0 Å². The minimum Gasteiger partial charge on any atom is -0.493 e. The molecular formula is C15H19N3O. The smallest absolute Gasteiger partial charge is 0.122 e. The molecule has 4 heteroatoms. The second-order valence-electron chi connectivity index (χ2n) is 5.00. The van der Waals surface area contributed by atoms with Crippen molar-refractivity contribution >= 4 is 0 Å². The van der Waals surface area contributed by atoms with Crippen molar-refractivity contribution in [3.63, 3.8) is 0 Å². The number of rotatable bonds is 3. The van der Waals surface area contributed by atoms with Crippen LogP contribution in [0, 0.1) is 0 Å². The molecule has 0 bridgehead atoms. The molecule has 1 aliphatic rings. The standard InChI is InChI=1S/C15H19N3O/c1-3-13-12(9-18(2)17-13)15(16)11-4-5-14-10(8-11)6-7-19-14/h4-5,8-9,15H,3,6-7,16H2,1-2H3. The largest absolute Gasteiger partial charge is 0.493 e. The van der Waals surface area contributed by atoms with Gasteiger partial charge in [0.25, 0.3) is 0 Å². The van der Waals surface area contributed by atoms with Crippen LogP contribution in [0.3, 0.4) is 0 Å². The zero-order valence-electron chi connectivity index (χ0n) is 11.4. The number of hydrogen-bond acceptors (Lipinski definition) is 3. The molecule has 1 aromatic carbocycles. The van der Waals surface area contributed by atoms with Crippen molar-refractivity contribution < 1.29 is 4.74 Å². The number of ether oxygens (including phenoxy) is 1. The molecule has 0 radical (unpaired) electrons. The Morgan fingerprint density at radius 3 is 3.11 bits per heavy atom. The van der Waals surface area contributed by atoms with E-state index in [0.717, 1.165) is 42.0 Å². The summed E-state index contributed by atoms with van der Waals surface area (Å²) in [6.07, 6.45) is 3.90. The first-order valence-corrected chi connectivity index (χ1v) is 6.72. The Morgan fingerprint density at radius 1 is 1.47 bits per heavy atom. The zero-order chi connectivity index (χ0) is 13.4. The lowest BCUT2D eigenvalue weighted by molar-refractivity contribution is 0.357. The van der Waals surface area contributed by atoms with E-state index in [1.807, 2.05) is 24.0 Å². The Morgan fingerprint density at radius 2 is 2.32 bits per heavy atom. The van der Waals surface area contributed by atoms with Crippen molar-refractivity contribution in [2.24, 2.45) is 12.8 Å². The minimum atomic E-state index is -0.116. The molecule has 1 aromatic heterocycles. The average molecular weight is 257 g/mol. The summed E-state index contributed by atoms with van der Waals surface area (Å²) in [6, 6.07) is 6.13. The molecule has 3 rings (SSSR count). The van der Waals surface area contributed by atoms with Gasteiger partial charge in [-0.05, 0) is 23.6 Å². The van der Waals surface area contributed by atoms with Gasteiger partial charge in [-0.2, -0.15) is 5.10 Å². The molecule has 2 N–H and O–H groups in total. The third-order valence-corrected chi connectivity index (χ3v) is 3.68.